The van der Waals surface area contributed by atoms with E-state index in [0.717, 1.165) is 10.2 Å². The third-order valence-corrected chi connectivity index (χ3v) is 5.48. The fourth-order valence-electron chi connectivity index (χ4n) is 2.71. The number of aromatic nitrogens is 1. The Morgan fingerprint density at radius 2 is 2.04 bits per heavy atom. The second-order valence-corrected chi connectivity index (χ2v) is 7.40. The highest BCUT2D eigenvalue weighted by Gasteiger charge is 2.14. The van der Waals surface area contributed by atoms with Crippen molar-refractivity contribution in [1.82, 2.24) is 4.57 Å². The topological polar surface area (TPSA) is 43.6 Å². The predicted molar refractivity (Wildman–Crippen MR) is 107 cm³/mol. The molecule has 0 radical (unpaired) electrons. The SMILES string of the molecule is C=CCn1c(=NC(=O)c2cc(Cl)ccc2OC)sc2cc(C)c(C)cc21. The minimum Gasteiger partial charge on any atom is -0.496 e. The molecule has 26 heavy (non-hydrogen) atoms. The van der Waals surface area contributed by atoms with Crippen LogP contribution in [-0.4, -0.2) is 17.6 Å². The average molecular weight is 387 g/mol. The number of rotatable bonds is 4. The van der Waals surface area contributed by atoms with Gasteiger partial charge in [0.25, 0.3) is 5.91 Å². The fourth-order valence-corrected chi connectivity index (χ4v) is 4.00. The monoisotopic (exact) mass is 386 g/mol. The molecule has 0 aliphatic rings. The molecule has 3 aromatic rings. The third kappa shape index (κ3) is 3.45. The van der Waals surface area contributed by atoms with Crippen molar-refractivity contribution in [2.75, 3.05) is 7.11 Å². The first kappa shape index (κ1) is 18.4. The van der Waals surface area contributed by atoms with Gasteiger partial charge in [-0.1, -0.05) is 29.0 Å². The zero-order valence-electron chi connectivity index (χ0n) is 14.9. The van der Waals surface area contributed by atoms with Crippen molar-refractivity contribution >= 4 is 39.1 Å². The molecule has 0 N–H and O–H groups in total. The Morgan fingerprint density at radius 1 is 1.31 bits per heavy atom. The number of carbonyl (C=O) groups excluding carboxylic acids is 1. The van der Waals surface area contributed by atoms with Gasteiger partial charge in [-0.2, -0.15) is 4.99 Å². The molecular formula is C20H19ClN2O2S. The van der Waals surface area contributed by atoms with Gasteiger partial charge in [-0.15, -0.1) is 6.58 Å². The summed E-state index contributed by atoms with van der Waals surface area (Å²) < 4.78 is 8.35. The zero-order chi connectivity index (χ0) is 18.8. The van der Waals surface area contributed by atoms with Crippen LogP contribution in [0.2, 0.25) is 5.02 Å². The molecule has 134 valence electrons. The van der Waals surface area contributed by atoms with Crippen molar-refractivity contribution in [3.63, 3.8) is 0 Å². The number of benzene rings is 2. The fraction of sp³-hybridized carbons (Fsp3) is 0.200. The van der Waals surface area contributed by atoms with E-state index in [1.807, 2.05) is 4.57 Å². The number of hydrogen-bond donors (Lipinski definition) is 0. The van der Waals surface area contributed by atoms with Crippen molar-refractivity contribution < 1.29 is 9.53 Å². The first-order valence-corrected chi connectivity index (χ1v) is 9.28. The van der Waals surface area contributed by atoms with E-state index in [4.69, 9.17) is 16.3 Å². The van der Waals surface area contributed by atoms with Crippen LogP contribution in [0.1, 0.15) is 21.5 Å². The van der Waals surface area contributed by atoms with Crippen LogP contribution in [0.3, 0.4) is 0 Å². The van der Waals surface area contributed by atoms with Crippen molar-refractivity contribution in [3.05, 3.63) is 69.5 Å². The van der Waals surface area contributed by atoms with Gasteiger partial charge in [0.15, 0.2) is 4.80 Å². The van der Waals surface area contributed by atoms with Crippen LogP contribution in [0, 0.1) is 13.8 Å². The number of halogens is 1. The number of amides is 1. The van der Waals surface area contributed by atoms with E-state index in [-0.39, 0.29) is 5.91 Å². The number of hydrogen-bond acceptors (Lipinski definition) is 3. The summed E-state index contributed by atoms with van der Waals surface area (Å²) >= 11 is 7.52. The molecule has 0 spiro atoms. The van der Waals surface area contributed by atoms with Crippen LogP contribution in [-0.2, 0) is 6.54 Å². The van der Waals surface area contributed by atoms with Crippen molar-refractivity contribution in [1.29, 1.82) is 0 Å². The predicted octanol–water partition coefficient (Wildman–Crippen LogP) is 4.91. The van der Waals surface area contributed by atoms with E-state index in [9.17, 15) is 4.79 Å². The zero-order valence-corrected chi connectivity index (χ0v) is 16.4. The summed E-state index contributed by atoms with van der Waals surface area (Å²) in [5.74, 6) is 0.0633. The molecule has 0 aliphatic carbocycles. The molecule has 1 amide bonds. The van der Waals surface area contributed by atoms with Crippen LogP contribution >= 0.6 is 22.9 Å². The molecule has 0 bridgehead atoms. The summed E-state index contributed by atoms with van der Waals surface area (Å²) in [6, 6.07) is 9.17. The van der Waals surface area contributed by atoms with Gasteiger partial charge < -0.3 is 9.30 Å². The van der Waals surface area contributed by atoms with Gasteiger partial charge in [0.1, 0.15) is 5.75 Å². The van der Waals surface area contributed by atoms with E-state index in [0.29, 0.717) is 27.7 Å². The summed E-state index contributed by atoms with van der Waals surface area (Å²) in [6.07, 6.45) is 1.80. The molecule has 4 nitrogen and oxygen atoms in total. The highest BCUT2D eigenvalue weighted by atomic mass is 35.5. The lowest BCUT2D eigenvalue weighted by Gasteiger charge is -2.06. The molecule has 0 atom stereocenters. The van der Waals surface area contributed by atoms with Crippen LogP contribution in [0.25, 0.3) is 10.2 Å². The van der Waals surface area contributed by atoms with Crippen molar-refractivity contribution in [2.45, 2.75) is 20.4 Å². The third-order valence-electron chi connectivity index (χ3n) is 4.20. The number of methoxy groups -OCH3 is 1. The molecular weight excluding hydrogens is 368 g/mol. The molecule has 2 aromatic carbocycles. The van der Waals surface area contributed by atoms with Gasteiger partial charge in [-0.3, -0.25) is 4.79 Å². The molecule has 0 saturated carbocycles. The number of aryl methyl sites for hydroxylation is 2. The standard InChI is InChI=1S/C20H19ClN2O2S/c1-5-8-23-16-9-12(2)13(3)10-18(16)26-20(23)22-19(24)15-11-14(21)6-7-17(15)25-4/h5-7,9-11H,1,8H2,2-4H3. The first-order valence-electron chi connectivity index (χ1n) is 8.08. The summed E-state index contributed by atoms with van der Waals surface area (Å²) in [4.78, 5) is 17.7. The average Bonchev–Trinajstić information content (AvgIpc) is 2.92. The Hall–Kier alpha value is -2.37. The summed E-state index contributed by atoms with van der Waals surface area (Å²) in [5.41, 5.74) is 3.79. The molecule has 1 heterocycles. The maximum absolute atomic E-state index is 12.8. The van der Waals surface area contributed by atoms with Gasteiger partial charge in [-0.25, -0.2) is 0 Å². The summed E-state index contributed by atoms with van der Waals surface area (Å²) in [7, 11) is 1.52. The highest BCUT2D eigenvalue weighted by Crippen LogP contribution is 2.24. The lowest BCUT2D eigenvalue weighted by atomic mass is 10.1. The maximum atomic E-state index is 12.8. The smallest absolute Gasteiger partial charge is 0.283 e. The van der Waals surface area contributed by atoms with Crippen LogP contribution in [0.4, 0.5) is 0 Å². The second kappa shape index (κ2) is 7.48. The van der Waals surface area contributed by atoms with Crippen LogP contribution in [0.15, 0.2) is 48.0 Å². The Bertz CT molecular complexity index is 1080. The number of ether oxygens (including phenoxy) is 1. The molecule has 6 heteroatoms. The molecule has 3 rings (SSSR count). The lowest BCUT2D eigenvalue weighted by Crippen LogP contribution is -2.16. The minimum absolute atomic E-state index is 0.343. The number of carbonyl (C=O) groups is 1. The molecule has 0 saturated heterocycles. The lowest BCUT2D eigenvalue weighted by molar-refractivity contribution is 0.0995. The maximum Gasteiger partial charge on any atom is 0.283 e. The number of thiazole rings is 1. The van der Waals surface area contributed by atoms with Gasteiger partial charge in [0, 0.05) is 11.6 Å². The van der Waals surface area contributed by atoms with Gasteiger partial charge in [0.05, 0.1) is 22.9 Å². The van der Waals surface area contributed by atoms with Crippen molar-refractivity contribution in [3.8, 4) is 5.75 Å². The number of allylic oxidation sites excluding steroid dienone is 1. The molecule has 0 aliphatic heterocycles. The Labute approximate surface area is 161 Å². The van der Waals surface area contributed by atoms with E-state index in [1.165, 1.54) is 29.6 Å². The summed E-state index contributed by atoms with van der Waals surface area (Å²) in [5, 5.41) is 0.464. The molecule has 1 aromatic heterocycles. The van der Waals surface area contributed by atoms with E-state index in [2.05, 4.69) is 37.6 Å². The van der Waals surface area contributed by atoms with Gasteiger partial charge in [-0.05, 0) is 55.3 Å². The minimum atomic E-state index is -0.387. The Kier molecular flexibility index (Phi) is 5.30. The van der Waals surface area contributed by atoms with E-state index >= 15 is 0 Å². The van der Waals surface area contributed by atoms with Crippen molar-refractivity contribution in [2.24, 2.45) is 4.99 Å². The number of nitrogens with zero attached hydrogens (tertiary/aromatic N) is 2. The van der Waals surface area contributed by atoms with Gasteiger partial charge in [0.2, 0.25) is 0 Å². The number of fused-ring (bicyclic) bond motifs is 1. The molecule has 0 unspecified atom stereocenters. The van der Waals surface area contributed by atoms with Crippen LogP contribution < -0.4 is 9.54 Å². The Balaban J connectivity index is 2.21. The molecule has 0 fully saturated rings. The highest BCUT2D eigenvalue weighted by molar-refractivity contribution is 7.16. The Morgan fingerprint density at radius 3 is 2.73 bits per heavy atom. The van der Waals surface area contributed by atoms with Crippen LogP contribution in [0.5, 0.6) is 5.75 Å². The first-order chi connectivity index (χ1) is 12.4. The van der Waals surface area contributed by atoms with Gasteiger partial charge >= 0.3 is 0 Å². The largest absolute Gasteiger partial charge is 0.496 e. The summed E-state index contributed by atoms with van der Waals surface area (Å²) in [6.45, 7) is 8.54. The van der Waals surface area contributed by atoms with E-state index < -0.39 is 0 Å². The normalized spacial score (nSPS) is 11.8. The second-order valence-electron chi connectivity index (χ2n) is 5.95. The van der Waals surface area contributed by atoms with E-state index in [1.54, 1.807) is 24.3 Å². The quantitative estimate of drug-likeness (QED) is 0.598.